The first-order valence-corrected chi connectivity index (χ1v) is 6.01. The topological polar surface area (TPSA) is 47.8 Å². The summed E-state index contributed by atoms with van der Waals surface area (Å²) in [6, 6.07) is 7.86. The van der Waals surface area contributed by atoms with Crippen LogP contribution in [0.2, 0.25) is 0 Å². The molecule has 0 spiro atoms. The van der Waals surface area contributed by atoms with E-state index in [1.165, 1.54) is 0 Å². The first kappa shape index (κ1) is 12.0. The minimum absolute atomic E-state index is 0.168. The van der Waals surface area contributed by atoms with Gasteiger partial charge in [0.25, 0.3) is 0 Å². The van der Waals surface area contributed by atoms with Gasteiger partial charge in [0.05, 0.1) is 0 Å². The highest BCUT2D eigenvalue weighted by Crippen LogP contribution is 2.25. The molecule has 2 aromatic rings. The Morgan fingerprint density at radius 1 is 1.35 bits per heavy atom. The maximum Gasteiger partial charge on any atom is 0.156 e. The van der Waals surface area contributed by atoms with E-state index in [9.17, 15) is 4.79 Å². The molecule has 0 aliphatic carbocycles. The molecule has 0 bridgehead atoms. The number of carbonyl (C=O) groups is 1. The first-order chi connectivity index (χ1) is 8.08. The Kier molecular flexibility index (Phi) is 3.38. The zero-order valence-electron chi connectivity index (χ0n) is 9.64. The largest absolute Gasteiger partial charge is 0.300 e. The van der Waals surface area contributed by atoms with Gasteiger partial charge in [-0.2, -0.15) is 0 Å². The van der Waals surface area contributed by atoms with Gasteiger partial charge in [0.15, 0.2) is 4.60 Å². The summed E-state index contributed by atoms with van der Waals surface area (Å²) in [4.78, 5) is 11.0. The first-order valence-electron chi connectivity index (χ1n) is 5.22. The Labute approximate surface area is 108 Å². The van der Waals surface area contributed by atoms with E-state index < -0.39 is 0 Å². The van der Waals surface area contributed by atoms with Gasteiger partial charge in [-0.3, -0.25) is 4.79 Å². The predicted molar refractivity (Wildman–Crippen MR) is 68.5 cm³/mol. The second-order valence-electron chi connectivity index (χ2n) is 3.93. The van der Waals surface area contributed by atoms with Crippen LogP contribution in [0.3, 0.4) is 0 Å². The minimum Gasteiger partial charge on any atom is -0.300 e. The van der Waals surface area contributed by atoms with Crippen molar-refractivity contribution in [2.45, 2.75) is 13.3 Å². The number of aromatic nitrogens is 3. The van der Waals surface area contributed by atoms with E-state index in [-0.39, 0.29) is 5.78 Å². The van der Waals surface area contributed by atoms with E-state index in [4.69, 9.17) is 0 Å². The Hall–Kier alpha value is -1.49. The van der Waals surface area contributed by atoms with E-state index in [1.807, 2.05) is 31.3 Å². The molecule has 0 saturated carbocycles. The van der Waals surface area contributed by atoms with Gasteiger partial charge in [-0.05, 0) is 28.4 Å². The van der Waals surface area contributed by atoms with Crippen molar-refractivity contribution in [3.8, 4) is 11.3 Å². The maximum absolute atomic E-state index is 11.0. The number of Topliss-reactive ketones (excluding diaryl/α,β-unsaturated/α-hetero) is 1. The highest BCUT2D eigenvalue weighted by atomic mass is 79.9. The molecule has 4 nitrogen and oxygen atoms in total. The number of hydrogen-bond acceptors (Lipinski definition) is 3. The van der Waals surface area contributed by atoms with Crippen molar-refractivity contribution in [1.29, 1.82) is 0 Å². The minimum atomic E-state index is 0.168. The van der Waals surface area contributed by atoms with Gasteiger partial charge >= 0.3 is 0 Å². The molecule has 1 aromatic heterocycles. The summed E-state index contributed by atoms with van der Waals surface area (Å²) < 4.78 is 2.43. The van der Waals surface area contributed by atoms with Crippen LogP contribution in [0.15, 0.2) is 28.9 Å². The third-order valence-electron chi connectivity index (χ3n) is 2.47. The number of carbonyl (C=O) groups excluding carboxylic acids is 1. The van der Waals surface area contributed by atoms with Crippen LogP contribution in [0.4, 0.5) is 0 Å². The van der Waals surface area contributed by atoms with Gasteiger partial charge in [-0.1, -0.05) is 29.5 Å². The molecule has 0 N–H and O–H groups in total. The number of rotatable bonds is 3. The van der Waals surface area contributed by atoms with Gasteiger partial charge in [-0.25, -0.2) is 4.68 Å². The summed E-state index contributed by atoms with van der Waals surface area (Å²) in [5, 5.41) is 7.87. The molecule has 5 heteroatoms. The van der Waals surface area contributed by atoms with Gasteiger partial charge in [0.2, 0.25) is 0 Å². The van der Waals surface area contributed by atoms with Crippen LogP contribution < -0.4 is 0 Å². The van der Waals surface area contributed by atoms with Gasteiger partial charge < -0.3 is 0 Å². The fourth-order valence-electron chi connectivity index (χ4n) is 1.71. The number of aryl methyl sites for hydroxylation is 1. The molecule has 0 radical (unpaired) electrons. The Balaban J connectivity index is 2.33. The van der Waals surface area contributed by atoms with E-state index in [2.05, 4.69) is 26.2 Å². The van der Waals surface area contributed by atoms with Crippen LogP contribution in [-0.2, 0) is 18.3 Å². The zero-order valence-corrected chi connectivity index (χ0v) is 11.2. The van der Waals surface area contributed by atoms with E-state index in [0.29, 0.717) is 6.42 Å². The molecule has 0 atom stereocenters. The summed E-state index contributed by atoms with van der Waals surface area (Å²) in [6.07, 6.45) is 0.477. The van der Waals surface area contributed by atoms with Crippen molar-refractivity contribution in [3.05, 3.63) is 34.4 Å². The molecule has 0 aliphatic rings. The predicted octanol–water partition coefficient (Wildman–Crippen LogP) is 2.38. The van der Waals surface area contributed by atoms with Crippen molar-refractivity contribution in [1.82, 2.24) is 15.0 Å². The van der Waals surface area contributed by atoms with Crippen molar-refractivity contribution in [2.75, 3.05) is 0 Å². The summed E-state index contributed by atoms with van der Waals surface area (Å²) in [7, 11) is 1.84. The molecule has 0 aliphatic heterocycles. The molecule has 17 heavy (non-hydrogen) atoms. The molecule has 2 rings (SSSR count). The van der Waals surface area contributed by atoms with Crippen LogP contribution in [0.1, 0.15) is 12.5 Å². The lowest BCUT2D eigenvalue weighted by molar-refractivity contribution is -0.116. The fourth-order valence-corrected chi connectivity index (χ4v) is 2.26. The Bertz CT molecular complexity index is 526. The summed E-state index contributed by atoms with van der Waals surface area (Å²) in [5.41, 5.74) is 2.98. The summed E-state index contributed by atoms with van der Waals surface area (Å²) in [6.45, 7) is 1.59. The maximum atomic E-state index is 11.0. The molecule has 0 unspecified atom stereocenters. The quantitative estimate of drug-likeness (QED) is 0.873. The average Bonchev–Trinajstić information content (AvgIpc) is 2.59. The monoisotopic (exact) mass is 293 g/mol. The van der Waals surface area contributed by atoms with Crippen molar-refractivity contribution >= 4 is 21.7 Å². The summed E-state index contributed by atoms with van der Waals surface area (Å²) >= 11 is 3.36. The normalized spacial score (nSPS) is 10.5. The second kappa shape index (κ2) is 4.79. The third-order valence-corrected chi connectivity index (χ3v) is 3.00. The van der Waals surface area contributed by atoms with E-state index in [0.717, 1.165) is 21.4 Å². The van der Waals surface area contributed by atoms with Crippen molar-refractivity contribution < 1.29 is 4.79 Å². The highest BCUT2D eigenvalue weighted by Gasteiger charge is 2.10. The standard InChI is InChI=1S/C12H12BrN3O/c1-8(17)7-9-3-5-10(6-4-9)11-12(13)14-15-16(11)2/h3-6H,7H2,1-2H3. The highest BCUT2D eigenvalue weighted by molar-refractivity contribution is 9.10. The number of nitrogens with zero attached hydrogens (tertiary/aromatic N) is 3. The molecule has 88 valence electrons. The van der Waals surface area contributed by atoms with Crippen LogP contribution >= 0.6 is 15.9 Å². The van der Waals surface area contributed by atoms with Gasteiger partial charge in [0, 0.05) is 19.0 Å². The molecule has 0 saturated heterocycles. The lowest BCUT2D eigenvalue weighted by Crippen LogP contribution is -1.97. The van der Waals surface area contributed by atoms with Crippen LogP contribution in [0, 0.1) is 0 Å². The molecule has 0 amide bonds. The van der Waals surface area contributed by atoms with E-state index >= 15 is 0 Å². The van der Waals surface area contributed by atoms with Crippen LogP contribution in [-0.4, -0.2) is 20.8 Å². The van der Waals surface area contributed by atoms with Crippen LogP contribution in [0.25, 0.3) is 11.3 Å². The third kappa shape index (κ3) is 2.61. The lowest BCUT2D eigenvalue weighted by Gasteiger charge is -2.03. The Morgan fingerprint density at radius 2 is 2.00 bits per heavy atom. The number of benzene rings is 1. The molecular formula is C12H12BrN3O. The molecule has 0 fully saturated rings. The average molecular weight is 294 g/mol. The molecule has 1 aromatic carbocycles. The number of halogens is 1. The number of hydrogen-bond donors (Lipinski definition) is 0. The molecule has 1 heterocycles. The SMILES string of the molecule is CC(=O)Cc1ccc(-c2c(Br)nnn2C)cc1. The van der Waals surface area contributed by atoms with Crippen molar-refractivity contribution in [3.63, 3.8) is 0 Å². The smallest absolute Gasteiger partial charge is 0.156 e. The van der Waals surface area contributed by atoms with Gasteiger partial charge in [0.1, 0.15) is 11.5 Å². The summed E-state index contributed by atoms with van der Waals surface area (Å²) in [5.74, 6) is 0.168. The zero-order chi connectivity index (χ0) is 12.4. The van der Waals surface area contributed by atoms with E-state index in [1.54, 1.807) is 11.6 Å². The second-order valence-corrected chi connectivity index (χ2v) is 4.68. The number of ketones is 1. The lowest BCUT2D eigenvalue weighted by atomic mass is 10.1. The van der Waals surface area contributed by atoms with Gasteiger partial charge in [-0.15, -0.1) is 5.10 Å². The van der Waals surface area contributed by atoms with Crippen LogP contribution in [0.5, 0.6) is 0 Å². The molecular weight excluding hydrogens is 282 g/mol. The Morgan fingerprint density at radius 3 is 2.47 bits per heavy atom. The fraction of sp³-hybridized carbons (Fsp3) is 0.250. The van der Waals surface area contributed by atoms with Crippen molar-refractivity contribution in [2.24, 2.45) is 7.05 Å².